The molecule has 32 heteroatoms. The number of carboxylic acids is 1. The van der Waals surface area contributed by atoms with E-state index < -0.39 is 193 Å². The molecule has 2 aliphatic rings. The predicted molar refractivity (Wildman–Crippen MR) is 347 cm³/mol. The maximum Gasteiger partial charge on any atom is 0.326 e. The van der Waals surface area contributed by atoms with Gasteiger partial charge in [0, 0.05) is 32.4 Å². The minimum atomic E-state index is -1.92. The first-order valence-electron chi connectivity index (χ1n) is 32.4. The number of primary amides is 3. The molecule has 12 atom stereocenters. The van der Waals surface area contributed by atoms with Gasteiger partial charge in [-0.05, 0) is 94.2 Å². The maximum atomic E-state index is 14.7. The fourth-order valence-corrected chi connectivity index (χ4v) is 11.1. The van der Waals surface area contributed by atoms with Crippen LogP contribution in [0, 0.1) is 11.8 Å². The largest absolute Gasteiger partial charge is 0.480 e. The second-order valence-corrected chi connectivity index (χ2v) is 24.7. The van der Waals surface area contributed by atoms with Crippen molar-refractivity contribution in [1.82, 2.24) is 57.7 Å². The number of nitrogens with two attached hydrogens (primary N) is 5. The van der Waals surface area contributed by atoms with Crippen LogP contribution in [0.5, 0.6) is 0 Å². The van der Waals surface area contributed by atoms with E-state index in [4.69, 9.17) is 28.7 Å². The predicted octanol–water partition coefficient (Wildman–Crippen LogP) is -3.88. The summed E-state index contributed by atoms with van der Waals surface area (Å²) in [5.41, 5.74) is 29.0. The lowest BCUT2D eigenvalue weighted by molar-refractivity contribution is -0.143. The molecule has 0 aromatic heterocycles. The van der Waals surface area contributed by atoms with Crippen molar-refractivity contribution >= 4 is 88.7 Å². The summed E-state index contributed by atoms with van der Waals surface area (Å²) in [6.07, 6.45) is -0.528. The zero-order chi connectivity index (χ0) is 71.3. The summed E-state index contributed by atoms with van der Waals surface area (Å²) in [5.74, 6) is -14.7. The first-order chi connectivity index (χ1) is 45.4. The third-order valence-electron chi connectivity index (χ3n) is 16.4. The lowest BCUT2D eigenvalue weighted by Gasteiger charge is -2.32. The van der Waals surface area contributed by atoms with E-state index in [0.717, 1.165) is 0 Å². The van der Waals surface area contributed by atoms with Crippen LogP contribution in [0.4, 0.5) is 0 Å². The number of aliphatic carboxylic acids is 1. The smallest absolute Gasteiger partial charge is 0.326 e. The summed E-state index contributed by atoms with van der Waals surface area (Å²) in [4.78, 5) is 205. The van der Waals surface area contributed by atoms with Crippen molar-refractivity contribution in [1.29, 1.82) is 0 Å². The van der Waals surface area contributed by atoms with Gasteiger partial charge < -0.3 is 91.4 Å². The van der Waals surface area contributed by atoms with Gasteiger partial charge in [0.05, 0.1) is 25.4 Å². The van der Waals surface area contributed by atoms with Crippen molar-refractivity contribution < 1.29 is 77.0 Å². The molecule has 4 rings (SSSR count). The number of benzene rings is 2. The van der Waals surface area contributed by atoms with Crippen LogP contribution in [0.2, 0.25) is 0 Å². The molecule has 2 aliphatic heterocycles. The Labute approximate surface area is 557 Å². The van der Waals surface area contributed by atoms with Crippen LogP contribution in [0.25, 0.3) is 0 Å². The number of carboxylic acid groups (broad SMARTS) is 1. The number of nitrogens with zero attached hydrogens (tertiary/aromatic N) is 2. The topological polar surface area (TPSA) is 521 Å². The monoisotopic (exact) mass is 1340 g/mol. The molecule has 96 heavy (non-hydrogen) atoms. The van der Waals surface area contributed by atoms with Crippen molar-refractivity contribution in [3.8, 4) is 0 Å². The van der Waals surface area contributed by atoms with Gasteiger partial charge in [0.1, 0.15) is 60.4 Å². The van der Waals surface area contributed by atoms with E-state index in [1.54, 1.807) is 88.4 Å². The van der Waals surface area contributed by atoms with Crippen molar-refractivity contribution in [2.75, 3.05) is 26.2 Å². The van der Waals surface area contributed by atoms with Crippen molar-refractivity contribution in [3.63, 3.8) is 0 Å². The number of unbranched alkanes of at least 4 members (excludes halogenated alkanes) is 1. The van der Waals surface area contributed by atoms with Crippen LogP contribution in [0.15, 0.2) is 60.7 Å². The Balaban J connectivity index is 1.51. The van der Waals surface area contributed by atoms with E-state index in [2.05, 4.69) is 47.9 Å². The number of amides is 14. The number of hydrogen-bond acceptors (Lipinski definition) is 17. The average molecular weight is 1350 g/mol. The summed E-state index contributed by atoms with van der Waals surface area (Å²) in [7, 11) is 0. The number of carbonyl (C=O) groups excluding carboxylic acids is 14. The highest BCUT2D eigenvalue weighted by atomic mass is 16.4. The maximum absolute atomic E-state index is 14.7. The fraction of sp³-hybridized carbons (Fsp3) is 0.578. The standard InChI is InChI=1S/C64H96N16O16/c1-6-36(4)53(78-54(85)37(5)66)63(94)80-28-16-23-48(80)61(92)77-45(33-51(69)83)59(90)75-44(32-50(68)82)58(89)72-40(24-25-49(67)81)56(87)74-42(29-35(2)3)55(86)70-34-52(84)71-46(31-39-19-11-8-12-20-39)62(93)79-27-15-22-47(79)60(91)76-43(30-38-17-9-7-10-18-38)57(88)73-41(64(95)96)21-13-14-26-65/h7-12,17-20,35-37,40-48,53H,6,13-16,21-34,65-66H2,1-5H3,(H2,67,81)(H2,68,82)(H2,69,83)(H,70,86)(H,71,84)(H,72,89)(H,73,88)(H,74,87)(H,75,90)(H,76,91)(H,77,92)(H,78,85)(H,95,96)/t36-,37-,40-,41-,42-,43-,44-,45-,46-,47-,48-,53-/m0/s1. The Bertz CT molecular complexity index is 3070. The Kier molecular flexibility index (Phi) is 32.3. The van der Waals surface area contributed by atoms with Crippen LogP contribution in [0.1, 0.15) is 129 Å². The summed E-state index contributed by atoms with van der Waals surface area (Å²) < 4.78 is 0. The average Bonchev–Trinajstić information content (AvgIpc) is 1.61. The molecule has 528 valence electrons. The molecular weight excluding hydrogens is 1250 g/mol. The van der Waals surface area contributed by atoms with E-state index in [9.17, 15) is 77.0 Å². The first-order valence-corrected chi connectivity index (χ1v) is 32.4. The number of hydrogen-bond donors (Lipinski definition) is 15. The molecule has 0 radical (unpaired) electrons. The van der Waals surface area contributed by atoms with Gasteiger partial charge in [-0.15, -0.1) is 0 Å². The molecule has 0 unspecified atom stereocenters. The van der Waals surface area contributed by atoms with Crippen LogP contribution < -0.4 is 76.5 Å². The molecule has 14 amide bonds. The zero-order valence-corrected chi connectivity index (χ0v) is 55.1. The van der Waals surface area contributed by atoms with E-state index >= 15 is 0 Å². The number of carbonyl (C=O) groups is 15. The Morgan fingerprint density at radius 1 is 0.521 bits per heavy atom. The molecule has 2 aromatic carbocycles. The normalized spacial score (nSPS) is 17.4. The summed E-state index contributed by atoms with van der Waals surface area (Å²) in [6.45, 7) is 8.10. The Morgan fingerprint density at radius 2 is 0.990 bits per heavy atom. The van der Waals surface area contributed by atoms with E-state index in [1.807, 2.05) is 0 Å². The molecule has 0 aliphatic carbocycles. The summed E-state index contributed by atoms with van der Waals surface area (Å²) >= 11 is 0. The molecule has 2 aromatic rings. The SMILES string of the molecule is CC[C@H](C)[C@H](NC(=O)[C@H](C)N)C(=O)N1CCC[C@H]1C(=O)N[C@@H](CC(N)=O)C(=O)N[C@@H](CC(N)=O)C(=O)N[C@@H](CCC(N)=O)C(=O)N[C@@H](CC(C)C)C(=O)NCC(=O)N[C@@H](Cc1ccccc1)C(=O)N1CCC[C@H]1C(=O)N[C@@H](Cc1ccccc1)C(=O)N[C@@H](CCCCN)C(=O)O. The lowest BCUT2D eigenvalue weighted by atomic mass is 9.97. The van der Waals surface area contributed by atoms with Crippen molar-refractivity contribution in [2.24, 2.45) is 40.5 Å². The molecule has 0 spiro atoms. The van der Waals surface area contributed by atoms with Gasteiger partial charge in [-0.1, -0.05) is 94.8 Å². The molecule has 0 saturated carbocycles. The molecule has 2 saturated heterocycles. The molecule has 32 nitrogen and oxygen atoms in total. The first kappa shape index (κ1) is 78.9. The van der Waals surface area contributed by atoms with Crippen LogP contribution >= 0.6 is 0 Å². The quantitative estimate of drug-likeness (QED) is 0.0284. The van der Waals surface area contributed by atoms with Gasteiger partial charge in [-0.2, -0.15) is 0 Å². The summed E-state index contributed by atoms with van der Waals surface area (Å²) in [6, 6.07) is 2.17. The van der Waals surface area contributed by atoms with E-state index in [-0.39, 0.29) is 57.5 Å². The summed E-state index contributed by atoms with van der Waals surface area (Å²) in [5, 5.41) is 32.5. The van der Waals surface area contributed by atoms with Crippen molar-refractivity contribution in [3.05, 3.63) is 71.8 Å². The third-order valence-corrected chi connectivity index (χ3v) is 16.4. The third kappa shape index (κ3) is 25.6. The Morgan fingerprint density at radius 3 is 1.48 bits per heavy atom. The van der Waals surface area contributed by atoms with Gasteiger partial charge in [-0.3, -0.25) is 67.1 Å². The molecular formula is C64H96N16O16. The van der Waals surface area contributed by atoms with Gasteiger partial charge in [-0.25, -0.2) is 4.79 Å². The second-order valence-electron chi connectivity index (χ2n) is 24.7. The highest BCUT2D eigenvalue weighted by molar-refractivity contribution is 6.01. The second kappa shape index (κ2) is 39.3. The zero-order valence-electron chi connectivity index (χ0n) is 55.1. The lowest BCUT2D eigenvalue weighted by Crippen LogP contribution is -2.61. The van der Waals surface area contributed by atoms with Gasteiger partial charge >= 0.3 is 5.97 Å². The van der Waals surface area contributed by atoms with E-state index in [1.165, 1.54) is 16.7 Å². The minimum absolute atomic E-state index is 0.0246. The highest BCUT2D eigenvalue weighted by Crippen LogP contribution is 2.24. The molecule has 2 fully saturated rings. The number of nitrogens with one attached hydrogen (secondary N) is 9. The van der Waals surface area contributed by atoms with Gasteiger partial charge in [0.25, 0.3) is 0 Å². The minimum Gasteiger partial charge on any atom is -0.480 e. The van der Waals surface area contributed by atoms with Crippen LogP contribution in [0.3, 0.4) is 0 Å². The van der Waals surface area contributed by atoms with Crippen LogP contribution in [-0.2, 0) is 84.8 Å². The van der Waals surface area contributed by atoms with Crippen molar-refractivity contribution in [2.45, 2.75) is 197 Å². The fourth-order valence-electron chi connectivity index (χ4n) is 11.1. The van der Waals surface area contributed by atoms with Crippen LogP contribution in [-0.4, -0.2) is 196 Å². The van der Waals surface area contributed by atoms with Gasteiger partial charge in [0.15, 0.2) is 0 Å². The Hall–Kier alpha value is -9.59. The number of likely N-dealkylation sites (tertiary alicyclic amines) is 2. The highest BCUT2D eigenvalue weighted by Gasteiger charge is 2.43. The molecule has 20 N–H and O–H groups in total. The van der Waals surface area contributed by atoms with Gasteiger partial charge in [0.2, 0.25) is 82.7 Å². The number of rotatable bonds is 40. The van der Waals surface area contributed by atoms with E-state index in [0.29, 0.717) is 49.8 Å². The molecule has 2 heterocycles. The molecule has 0 bridgehead atoms.